The molecule has 0 unspecified atom stereocenters. The van der Waals surface area contributed by atoms with Crippen LogP contribution in [0.25, 0.3) is 0 Å². The molecule has 100 valence electrons. The summed E-state index contributed by atoms with van der Waals surface area (Å²) >= 11 is 11.9. The molecular weight excluding hydrogens is 283 g/mol. The Morgan fingerprint density at radius 3 is 2.53 bits per heavy atom. The summed E-state index contributed by atoms with van der Waals surface area (Å²) in [6.45, 7) is 0. The van der Waals surface area contributed by atoms with Crippen molar-refractivity contribution in [3.8, 4) is 5.75 Å². The quantitative estimate of drug-likeness (QED) is 0.789. The van der Waals surface area contributed by atoms with Gasteiger partial charge in [0.05, 0.1) is 12.1 Å². The Labute approximate surface area is 122 Å². The molecule has 0 aliphatic heterocycles. The van der Waals surface area contributed by atoms with Crippen molar-refractivity contribution in [2.75, 3.05) is 19.1 Å². The zero-order chi connectivity index (χ0) is 13.8. The van der Waals surface area contributed by atoms with Gasteiger partial charge in [-0.1, -0.05) is 11.6 Å². The number of benzene rings is 1. The van der Waals surface area contributed by atoms with Gasteiger partial charge < -0.3 is 9.64 Å². The van der Waals surface area contributed by atoms with Gasteiger partial charge in [-0.3, -0.25) is 0 Å². The summed E-state index contributed by atoms with van der Waals surface area (Å²) in [5.41, 5.74) is 1.88. The molecule has 0 radical (unpaired) electrons. The monoisotopic (exact) mass is 296 g/mol. The largest absolute Gasteiger partial charge is 0.497 e. The van der Waals surface area contributed by atoms with E-state index in [1.165, 1.54) is 0 Å². The molecule has 0 fully saturated rings. The maximum atomic E-state index is 6.00. The molecule has 1 aromatic heterocycles. The fourth-order valence-electron chi connectivity index (χ4n) is 1.69. The van der Waals surface area contributed by atoms with Gasteiger partial charge in [0.15, 0.2) is 0 Å². The van der Waals surface area contributed by atoms with Crippen LogP contribution in [-0.2, 0) is 5.88 Å². The Morgan fingerprint density at radius 1 is 1.26 bits per heavy atom. The van der Waals surface area contributed by atoms with Crippen LogP contribution in [0.15, 0.2) is 36.5 Å². The summed E-state index contributed by atoms with van der Waals surface area (Å²) < 4.78 is 5.14. The Kier molecular flexibility index (Phi) is 4.51. The number of ether oxygens (including phenoxy) is 1. The second-order valence-corrected chi connectivity index (χ2v) is 4.70. The van der Waals surface area contributed by atoms with E-state index in [9.17, 15) is 0 Å². The number of halogens is 2. The zero-order valence-corrected chi connectivity index (χ0v) is 12.2. The van der Waals surface area contributed by atoms with Crippen molar-refractivity contribution in [1.82, 2.24) is 4.98 Å². The third kappa shape index (κ3) is 3.11. The molecule has 3 nitrogen and oxygen atoms in total. The van der Waals surface area contributed by atoms with Gasteiger partial charge in [-0.2, -0.15) is 0 Å². The minimum atomic E-state index is 0.366. The first-order valence-corrected chi connectivity index (χ1v) is 6.65. The standard InChI is InChI=1S/C14H14Cl2N2O/c1-18(11-3-5-12(19-2)6-4-11)14-7-10(8-15)13(16)9-17-14/h3-7,9H,8H2,1-2H3. The predicted octanol–water partition coefficient (Wildman–Crippen LogP) is 4.25. The lowest BCUT2D eigenvalue weighted by molar-refractivity contribution is 0.415. The first-order chi connectivity index (χ1) is 9.15. The van der Waals surface area contributed by atoms with E-state index in [-0.39, 0.29) is 0 Å². The van der Waals surface area contributed by atoms with Crippen molar-refractivity contribution in [2.45, 2.75) is 5.88 Å². The number of methoxy groups -OCH3 is 1. The first kappa shape index (κ1) is 14.0. The Hall–Kier alpha value is -1.45. The summed E-state index contributed by atoms with van der Waals surface area (Å²) in [4.78, 5) is 6.27. The molecule has 0 N–H and O–H groups in total. The smallest absolute Gasteiger partial charge is 0.133 e. The fraction of sp³-hybridized carbons (Fsp3) is 0.214. The molecule has 0 saturated heterocycles. The van der Waals surface area contributed by atoms with Crippen molar-refractivity contribution < 1.29 is 4.74 Å². The molecule has 0 aliphatic carbocycles. The van der Waals surface area contributed by atoms with Gasteiger partial charge in [-0.25, -0.2) is 4.98 Å². The van der Waals surface area contributed by atoms with Crippen molar-refractivity contribution in [3.63, 3.8) is 0 Å². The highest BCUT2D eigenvalue weighted by atomic mass is 35.5. The van der Waals surface area contributed by atoms with E-state index < -0.39 is 0 Å². The number of anilines is 2. The third-order valence-electron chi connectivity index (χ3n) is 2.87. The van der Waals surface area contributed by atoms with E-state index in [2.05, 4.69) is 4.98 Å². The van der Waals surface area contributed by atoms with Crippen molar-refractivity contribution >= 4 is 34.7 Å². The SMILES string of the molecule is COc1ccc(N(C)c2cc(CCl)c(Cl)cn2)cc1. The Bertz CT molecular complexity index is 558. The van der Waals surface area contributed by atoms with Gasteiger partial charge in [-0.15, -0.1) is 11.6 Å². The highest BCUT2D eigenvalue weighted by molar-refractivity contribution is 6.32. The molecule has 0 spiro atoms. The van der Waals surface area contributed by atoms with Crippen molar-refractivity contribution in [1.29, 1.82) is 0 Å². The Balaban J connectivity index is 2.29. The van der Waals surface area contributed by atoms with Crippen molar-refractivity contribution in [2.24, 2.45) is 0 Å². The maximum absolute atomic E-state index is 6.00. The van der Waals surface area contributed by atoms with Crippen LogP contribution in [0, 0.1) is 0 Å². The number of hydrogen-bond donors (Lipinski definition) is 0. The second kappa shape index (κ2) is 6.13. The minimum absolute atomic E-state index is 0.366. The average Bonchev–Trinajstić information content (AvgIpc) is 2.47. The van der Waals surface area contributed by atoms with Gasteiger partial charge in [0.2, 0.25) is 0 Å². The summed E-state index contributed by atoms with van der Waals surface area (Å²) in [6.07, 6.45) is 1.62. The summed E-state index contributed by atoms with van der Waals surface area (Å²) in [5, 5.41) is 0.585. The normalized spacial score (nSPS) is 10.3. The molecule has 0 amide bonds. The lowest BCUT2D eigenvalue weighted by Crippen LogP contribution is -2.11. The van der Waals surface area contributed by atoms with Gasteiger partial charge in [-0.05, 0) is 35.9 Å². The summed E-state index contributed by atoms with van der Waals surface area (Å²) in [5.74, 6) is 1.98. The van der Waals surface area contributed by atoms with E-state index >= 15 is 0 Å². The maximum Gasteiger partial charge on any atom is 0.133 e. The predicted molar refractivity (Wildman–Crippen MR) is 79.9 cm³/mol. The second-order valence-electron chi connectivity index (χ2n) is 4.02. The highest BCUT2D eigenvalue weighted by Crippen LogP contribution is 2.27. The first-order valence-electron chi connectivity index (χ1n) is 5.74. The van der Waals surface area contributed by atoms with Crippen LogP contribution < -0.4 is 9.64 Å². The molecule has 2 aromatic rings. The molecule has 0 aliphatic rings. The van der Waals surface area contributed by atoms with Gasteiger partial charge in [0.1, 0.15) is 11.6 Å². The van der Waals surface area contributed by atoms with Crippen LogP contribution in [0.5, 0.6) is 5.75 Å². The summed E-state index contributed by atoms with van der Waals surface area (Å²) in [7, 11) is 3.59. The minimum Gasteiger partial charge on any atom is -0.497 e. The number of pyridine rings is 1. The van der Waals surface area contributed by atoms with E-state index in [1.54, 1.807) is 13.3 Å². The number of hydrogen-bond acceptors (Lipinski definition) is 3. The third-order valence-corrected chi connectivity index (χ3v) is 3.50. The molecule has 1 heterocycles. The molecule has 5 heteroatoms. The zero-order valence-electron chi connectivity index (χ0n) is 10.7. The molecule has 0 atom stereocenters. The van der Waals surface area contributed by atoms with Crippen LogP contribution in [0.2, 0.25) is 5.02 Å². The van der Waals surface area contributed by atoms with E-state index in [0.29, 0.717) is 10.9 Å². The van der Waals surface area contributed by atoms with Crippen LogP contribution >= 0.6 is 23.2 Å². The average molecular weight is 297 g/mol. The van der Waals surface area contributed by atoms with E-state index in [0.717, 1.165) is 22.8 Å². The lowest BCUT2D eigenvalue weighted by Gasteiger charge is -2.19. The number of aromatic nitrogens is 1. The van der Waals surface area contributed by atoms with E-state index in [1.807, 2.05) is 42.3 Å². The number of rotatable bonds is 4. The molecule has 0 bridgehead atoms. The molecule has 2 rings (SSSR count). The topological polar surface area (TPSA) is 25.4 Å². The van der Waals surface area contributed by atoms with Crippen LogP contribution in [-0.4, -0.2) is 19.1 Å². The lowest BCUT2D eigenvalue weighted by atomic mass is 10.2. The summed E-state index contributed by atoms with van der Waals surface area (Å²) in [6, 6.07) is 9.64. The van der Waals surface area contributed by atoms with Crippen LogP contribution in [0.1, 0.15) is 5.56 Å². The van der Waals surface area contributed by atoms with E-state index in [4.69, 9.17) is 27.9 Å². The van der Waals surface area contributed by atoms with Crippen LogP contribution in [0.4, 0.5) is 11.5 Å². The van der Waals surface area contributed by atoms with Crippen molar-refractivity contribution in [3.05, 3.63) is 47.1 Å². The van der Waals surface area contributed by atoms with Gasteiger partial charge >= 0.3 is 0 Å². The van der Waals surface area contributed by atoms with Gasteiger partial charge in [0.25, 0.3) is 0 Å². The molecular formula is C14H14Cl2N2O. The highest BCUT2D eigenvalue weighted by Gasteiger charge is 2.08. The fourth-order valence-corrected chi connectivity index (χ4v) is 2.15. The molecule has 0 saturated carbocycles. The van der Waals surface area contributed by atoms with Crippen LogP contribution in [0.3, 0.4) is 0 Å². The number of nitrogens with zero attached hydrogens (tertiary/aromatic N) is 2. The Morgan fingerprint density at radius 2 is 1.95 bits per heavy atom. The van der Waals surface area contributed by atoms with Gasteiger partial charge in [0, 0.05) is 24.8 Å². The molecule has 19 heavy (non-hydrogen) atoms. The number of alkyl halides is 1. The molecule has 1 aromatic carbocycles.